The predicted octanol–water partition coefficient (Wildman–Crippen LogP) is 6.18. The Kier molecular flexibility index (Phi) is 6.84. The van der Waals surface area contributed by atoms with Gasteiger partial charge in [0.05, 0.1) is 4.92 Å². The molecule has 1 amide bonds. The van der Waals surface area contributed by atoms with Crippen molar-refractivity contribution in [2.75, 3.05) is 5.32 Å². The SMILES string of the molecule is Cc1cc([N+](=O)[O-])ccc1NC(=O)/C(C#N)=C/c1cccc(OCc2cccc3ccccc23)c1. The molecule has 35 heavy (non-hydrogen) atoms. The number of hydrogen-bond acceptors (Lipinski definition) is 5. The number of non-ortho nitro benzene ring substituents is 1. The third kappa shape index (κ3) is 5.52. The Hall–Kier alpha value is -4.96. The van der Waals surface area contributed by atoms with Crippen molar-refractivity contribution in [3.05, 3.63) is 117 Å². The van der Waals surface area contributed by atoms with Crippen molar-refractivity contribution in [1.82, 2.24) is 0 Å². The summed E-state index contributed by atoms with van der Waals surface area (Å²) in [5.74, 6) is 0.00197. The Bertz CT molecular complexity index is 1500. The second-order valence-corrected chi connectivity index (χ2v) is 7.88. The molecular formula is C28H21N3O4. The van der Waals surface area contributed by atoms with Gasteiger partial charge in [-0.2, -0.15) is 5.26 Å². The van der Waals surface area contributed by atoms with Gasteiger partial charge in [-0.25, -0.2) is 0 Å². The number of aryl methyl sites for hydroxylation is 1. The molecule has 7 nitrogen and oxygen atoms in total. The van der Waals surface area contributed by atoms with Crippen LogP contribution in [0, 0.1) is 28.4 Å². The number of nitrogens with one attached hydrogen (secondary N) is 1. The van der Waals surface area contributed by atoms with Crippen molar-refractivity contribution in [3.8, 4) is 11.8 Å². The maximum absolute atomic E-state index is 12.7. The van der Waals surface area contributed by atoms with Crippen LogP contribution in [0.3, 0.4) is 0 Å². The number of rotatable bonds is 7. The van der Waals surface area contributed by atoms with Crippen molar-refractivity contribution < 1.29 is 14.5 Å². The molecule has 0 atom stereocenters. The molecule has 0 unspecified atom stereocenters. The van der Waals surface area contributed by atoms with Crippen LogP contribution in [0.1, 0.15) is 16.7 Å². The number of fused-ring (bicyclic) bond motifs is 1. The van der Waals surface area contributed by atoms with Crippen LogP contribution in [0.5, 0.6) is 5.75 Å². The highest BCUT2D eigenvalue weighted by molar-refractivity contribution is 6.10. The molecule has 0 heterocycles. The molecule has 0 fully saturated rings. The van der Waals surface area contributed by atoms with E-state index in [1.807, 2.05) is 36.4 Å². The van der Waals surface area contributed by atoms with Crippen LogP contribution in [-0.4, -0.2) is 10.8 Å². The first-order valence-electron chi connectivity index (χ1n) is 10.8. The lowest BCUT2D eigenvalue weighted by Crippen LogP contribution is -2.14. The molecule has 0 saturated heterocycles. The number of hydrogen-bond donors (Lipinski definition) is 1. The molecule has 0 aliphatic carbocycles. The van der Waals surface area contributed by atoms with E-state index < -0.39 is 10.8 Å². The van der Waals surface area contributed by atoms with E-state index in [4.69, 9.17) is 4.74 Å². The van der Waals surface area contributed by atoms with E-state index in [-0.39, 0.29) is 11.3 Å². The predicted molar refractivity (Wildman–Crippen MR) is 135 cm³/mol. The van der Waals surface area contributed by atoms with Gasteiger partial charge in [-0.05, 0) is 58.7 Å². The lowest BCUT2D eigenvalue weighted by atomic mass is 10.1. The van der Waals surface area contributed by atoms with Gasteiger partial charge in [0.1, 0.15) is 24.0 Å². The molecule has 0 radical (unpaired) electrons. The number of benzene rings is 4. The number of nitriles is 1. The normalized spacial score (nSPS) is 11.0. The molecule has 0 aliphatic rings. The minimum atomic E-state index is -0.605. The van der Waals surface area contributed by atoms with Gasteiger partial charge in [-0.3, -0.25) is 14.9 Å². The van der Waals surface area contributed by atoms with Crippen molar-refractivity contribution in [3.63, 3.8) is 0 Å². The third-order valence-electron chi connectivity index (χ3n) is 5.48. The van der Waals surface area contributed by atoms with Crippen LogP contribution >= 0.6 is 0 Å². The quantitative estimate of drug-likeness (QED) is 0.152. The highest BCUT2D eigenvalue weighted by Gasteiger charge is 2.14. The van der Waals surface area contributed by atoms with Gasteiger partial charge in [-0.15, -0.1) is 0 Å². The van der Waals surface area contributed by atoms with E-state index in [2.05, 4.69) is 23.5 Å². The van der Waals surface area contributed by atoms with Crippen LogP contribution in [0.4, 0.5) is 11.4 Å². The number of carbonyl (C=O) groups is 1. The van der Waals surface area contributed by atoms with Crippen molar-refractivity contribution >= 4 is 34.1 Å². The van der Waals surface area contributed by atoms with Crippen molar-refractivity contribution in [2.24, 2.45) is 0 Å². The van der Waals surface area contributed by atoms with Gasteiger partial charge < -0.3 is 10.1 Å². The standard InChI is InChI=1S/C28H21N3O4/c1-19-14-24(31(33)34)12-13-27(19)30-28(32)23(17-29)15-20-6-4-10-25(16-20)35-18-22-9-5-8-21-7-2-3-11-26(21)22/h2-16H,18H2,1H3,(H,30,32)/b23-15+. The zero-order valence-electron chi connectivity index (χ0n) is 18.9. The fourth-order valence-corrected chi connectivity index (χ4v) is 3.68. The number of nitrogens with zero attached hydrogens (tertiary/aromatic N) is 2. The molecular weight excluding hydrogens is 442 g/mol. The molecule has 4 aromatic carbocycles. The van der Waals surface area contributed by atoms with E-state index in [0.717, 1.165) is 16.3 Å². The fraction of sp³-hybridized carbons (Fsp3) is 0.0714. The topological polar surface area (TPSA) is 105 Å². The summed E-state index contributed by atoms with van der Waals surface area (Å²) in [6.45, 7) is 2.02. The summed E-state index contributed by atoms with van der Waals surface area (Å²) in [4.78, 5) is 23.1. The molecule has 172 valence electrons. The summed E-state index contributed by atoms with van der Waals surface area (Å²) >= 11 is 0. The van der Waals surface area contributed by atoms with Crippen molar-refractivity contribution in [1.29, 1.82) is 5.26 Å². The second-order valence-electron chi connectivity index (χ2n) is 7.88. The molecule has 0 bridgehead atoms. The van der Waals surface area contributed by atoms with Crippen LogP contribution in [0.15, 0.2) is 90.5 Å². The molecule has 7 heteroatoms. The fourth-order valence-electron chi connectivity index (χ4n) is 3.68. The number of nitro benzene ring substituents is 1. The summed E-state index contributed by atoms with van der Waals surface area (Å²) in [6.07, 6.45) is 1.47. The van der Waals surface area contributed by atoms with E-state index in [9.17, 15) is 20.2 Å². The van der Waals surface area contributed by atoms with Crippen LogP contribution in [0.2, 0.25) is 0 Å². The minimum absolute atomic E-state index is 0.0723. The minimum Gasteiger partial charge on any atom is -0.489 e. The summed E-state index contributed by atoms with van der Waals surface area (Å²) in [7, 11) is 0. The molecule has 0 aliphatic heterocycles. The van der Waals surface area contributed by atoms with Crippen molar-refractivity contribution in [2.45, 2.75) is 13.5 Å². The summed E-state index contributed by atoms with van der Waals surface area (Å²) in [5, 5.41) is 25.4. The molecule has 1 N–H and O–H groups in total. The van der Waals surface area contributed by atoms with Crippen LogP contribution < -0.4 is 10.1 Å². The molecule has 4 rings (SSSR count). The van der Waals surface area contributed by atoms with Gasteiger partial charge in [0.2, 0.25) is 0 Å². The molecule has 0 saturated carbocycles. The van der Waals surface area contributed by atoms with E-state index in [0.29, 0.717) is 29.2 Å². The lowest BCUT2D eigenvalue weighted by Gasteiger charge is -2.10. The number of nitro groups is 1. The Morgan fingerprint density at radius 2 is 1.83 bits per heavy atom. The van der Waals surface area contributed by atoms with Crippen LogP contribution in [-0.2, 0) is 11.4 Å². The van der Waals surface area contributed by atoms with E-state index >= 15 is 0 Å². The Labute approximate surface area is 202 Å². The Morgan fingerprint density at radius 3 is 2.60 bits per heavy atom. The zero-order valence-corrected chi connectivity index (χ0v) is 18.9. The van der Waals surface area contributed by atoms with Gasteiger partial charge in [0, 0.05) is 17.8 Å². The van der Waals surface area contributed by atoms with Gasteiger partial charge in [0.15, 0.2) is 0 Å². The number of amides is 1. The Balaban J connectivity index is 1.49. The smallest absolute Gasteiger partial charge is 0.269 e. The second kappa shape index (κ2) is 10.3. The number of ether oxygens (including phenoxy) is 1. The summed E-state index contributed by atoms with van der Waals surface area (Å²) in [5.41, 5.74) is 2.43. The van der Waals surface area contributed by atoms with E-state index in [1.165, 1.54) is 24.3 Å². The molecule has 0 aromatic heterocycles. The molecule has 0 spiro atoms. The molecule has 4 aromatic rings. The van der Waals surface area contributed by atoms with Gasteiger partial charge in [0.25, 0.3) is 11.6 Å². The van der Waals surface area contributed by atoms with Gasteiger partial charge in [-0.1, -0.05) is 54.6 Å². The summed E-state index contributed by atoms with van der Waals surface area (Å²) in [6, 6.07) is 27.3. The first-order valence-corrected chi connectivity index (χ1v) is 10.8. The average molecular weight is 463 g/mol. The first kappa shape index (κ1) is 23.2. The Morgan fingerprint density at radius 1 is 1.06 bits per heavy atom. The third-order valence-corrected chi connectivity index (χ3v) is 5.48. The maximum Gasteiger partial charge on any atom is 0.269 e. The number of anilines is 1. The van der Waals surface area contributed by atoms with Crippen LogP contribution in [0.25, 0.3) is 16.8 Å². The summed E-state index contributed by atoms with van der Waals surface area (Å²) < 4.78 is 5.99. The number of carbonyl (C=O) groups excluding carboxylic acids is 1. The highest BCUT2D eigenvalue weighted by atomic mass is 16.6. The van der Waals surface area contributed by atoms with Gasteiger partial charge >= 0.3 is 0 Å². The largest absolute Gasteiger partial charge is 0.489 e. The maximum atomic E-state index is 12.7. The average Bonchev–Trinajstić information content (AvgIpc) is 2.87. The zero-order chi connectivity index (χ0) is 24.8. The first-order chi connectivity index (χ1) is 16.9. The monoisotopic (exact) mass is 463 g/mol. The highest BCUT2D eigenvalue weighted by Crippen LogP contribution is 2.24. The van der Waals surface area contributed by atoms with E-state index in [1.54, 1.807) is 25.1 Å². The lowest BCUT2D eigenvalue weighted by molar-refractivity contribution is -0.384.